The van der Waals surface area contributed by atoms with Crippen LogP contribution in [-0.2, 0) is 11.3 Å². The van der Waals surface area contributed by atoms with Gasteiger partial charge in [-0.05, 0) is 30.0 Å². The normalized spacial score (nSPS) is 10.5. The summed E-state index contributed by atoms with van der Waals surface area (Å²) in [6.45, 7) is 4.88. The van der Waals surface area contributed by atoms with Crippen molar-refractivity contribution < 1.29 is 4.79 Å². The molecular weight excluding hydrogens is 224 g/mol. The summed E-state index contributed by atoms with van der Waals surface area (Å²) in [5.41, 5.74) is 2.31. The molecule has 3 nitrogen and oxygen atoms in total. The molecule has 18 heavy (non-hydrogen) atoms. The van der Waals surface area contributed by atoms with Gasteiger partial charge in [0.2, 0.25) is 5.91 Å². The van der Waals surface area contributed by atoms with Gasteiger partial charge in [-0.15, -0.1) is 0 Å². The molecule has 100 valence electrons. The van der Waals surface area contributed by atoms with Gasteiger partial charge < -0.3 is 10.2 Å². The van der Waals surface area contributed by atoms with Crippen molar-refractivity contribution in [1.82, 2.24) is 5.32 Å². The van der Waals surface area contributed by atoms with Gasteiger partial charge in [-0.2, -0.15) is 0 Å². The summed E-state index contributed by atoms with van der Waals surface area (Å²) in [6, 6.07) is 8.24. The average molecular weight is 248 g/mol. The average Bonchev–Trinajstić information content (AvgIpc) is 2.34. The topological polar surface area (TPSA) is 32.3 Å². The van der Waals surface area contributed by atoms with Crippen LogP contribution in [0.4, 0.5) is 5.69 Å². The summed E-state index contributed by atoms with van der Waals surface area (Å²) in [7, 11) is 4.03. The van der Waals surface area contributed by atoms with Crippen LogP contribution in [0.3, 0.4) is 0 Å². The predicted molar refractivity (Wildman–Crippen MR) is 76.7 cm³/mol. The lowest BCUT2D eigenvalue weighted by Gasteiger charge is -2.13. The number of hydrogen-bond acceptors (Lipinski definition) is 2. The Kier molecular flexibility index (Phi) is 5.69. The number of rotatable bonds is 6. The smallest absolute Gasteiger partial charge is 0.220 e. The van der Waals surface area contributed by atoms with Crippen LogP contribution in [0.2, 0.25) is 0 Å². The second kappa shape index (κ2) is 7.04. The van der Waals surface area contributed by atoms with Crippen LogP contribution < -0.4 is 10.2 Å². The lowest BCUT2D eigenvalue weighted by atomic mass is 10.1. The second-order valence-electron chi connectivity index (χ2n) is 5.27. The fourth-order valence-electron chi connectivity index (χ4n) is 1.62. The molecule has 0 heterocycles. The zero-order valence-electron chi connectivity index (χ0n) is 11.9. The van der Waals surface area contributed by atoms with E-state index in [4.69, 9.17) is 0 Å². The number of nitrogens with one attached hydrogen (secondary N) is 1. The number of anilines is 1. The van der Waals surface area contributed by atoms with Gasteiger partial charge in [-0.3, -0.25) is 4.79 Å². The first-order chi connectivity index (χ1) is 8.49. The maximum absolute atomic E-state index is 11.6. The minimum absolute atomic E-state index is 0.139. The van der Waals surface area contributed by atoms with Gasteiger partial charge >= 0.3 is 0 Å². The van der Waals surface area contributed by atoms with Crippen LogP contribution in [0, 0.1) is 5.92 Å². The van der Waals surface area contributed by atoms with Crippen LogP contribution in [0.5, 0.6) is 0 Å². The Morgan fingerprint density at radius 2 is 1.83 bits per heavy atom. The maximum Gasteiger partial charge on any atom is 0.220 e. The van der Waals surface area contributed by atoms with E-state index in [0.29, 0.717) is 18.9 Å². The number of benzene rings is 1. The van der Waals surface area contributed by atoms with Crippen LogP contribution in [0.1, 0.15) is 32.3 Å². The molecule has 0 saturated carbocycles. The van der Waals surface area contributed by atoms with Crippen molar-refractivity contribution in [2.75, 3.05) is 19.0 Å². The summed E-state index contributed by atoms with van der Waals surface area (Å²) in [5, 5.41) is 2.95. The van der Waals surface area contributed by atoms with Crippen LogP contribution in [-0.4, -0.2) is 20.0 Å². The summed E-state index contributed by atoms with van der Waals surface area (Å²) in [5.74, 6) is 0.718. The van der Waals surface area contributed by atoms with E-state index in [2.05, 4.69) is 48.3 Å². The van der Waals surface area contributed by atoms with Gasteiger partial charge in [0.05, 0.1) is 0 Å². The highest BCUT2D eigenvalue weighted by Gasteiger charge is 2.03. The first-order valence-electron chi connectivity index (χ1n) is 6.52. The van der Waals surface area contributed by atoms with Crippen molar-refractivity contribution in [2.45, 2.75) is 33.2 Å². The molecule has 0 aliphatic heterocycles. The Labute approximate surface area is 110 Å². The zero-order chi connectivity index (χ0) is 13.5. The van der Waals surface area contributed by atoms with Crippen LogP contribution in [0.25, 0.3) is 0 Å². The van der Waals surface area contributed by atoms with E-state index >= 15 is 0 Å². The molecular formula is C15H24N2O. The molecule has 1 rings (SSSR count). The third kappa shape index (κ3) is 5.21. The van der Waals surface area contributed by atoms with Gasteiger partial charge in [0.1, 0.15) is 0 Å². The van der Waals surface area contributed by atoms with E-state index in [1.165, 1.54) is 5.69 Å². The summed E-state index contributed by atoms with van der Waals surface area (Å²) in [4.78, 5) is 13.6. The van der Waals surface area contributed by atoms with E-state index in [1.807, 2.05) is 14.1 Å². The molecule has 0 bridgehead atoms. The summed E-state index contributed by atoms with van der Waals surface area (Å²) < 4.78 is 0. The minimum atomic E-state index is 0.139. The number of carbonyl (C=O) groups is 1. The molecule has 0 aliphatic carbocycles. The molecule has 1 N–H and O–H groups in total. The Morgan fingerprint density at radius 1 is 1.22 bits per heavy atom. The molecule has 0 aliphatic rings. The second-order valence-corrected chi connectivity index (χ2v) is 5.27. The lowest BCUT2D eigenvalue weighted by Crippen LogP contribution is -2.22. The molecule has 0 atom stereocenters. The van der Waals surface area contributed by atoms with Crippen molar-refractivity contribution in [2.24, 2.45) is 5.92 Å². The fraction of sp³-hybridized carbons (Fsp3) is 0.533. The highest BCUT2D eigenvalue weighted by Crippen LogP contribution is 2.12. The zero-order valence-corrected chi connectivity index (χ0v) is 11.9. The van der Waals surface area contributed by atoms with E-state index < -0.39 is 0 Å². The number of amides is 1. The van der Waals surface area contributed by atoms with Gasteiger partial charge in [0.25, 0.3) is 0 Å². The number of carbonyl (C=O) groups excluding carboxylic acids is 1. The van der Waals surface area contributed by atoms with Crippen molar-refractivity contribution in [3.63, 3.8) is 0 Å². The minimum Gasteiger partial charge on any atom is -0.378 e. The predicted octanol–water partition coefficient (Wildman–Crippen LogP) is 2.81. The first kappa shape index (κ1) is 14.6. The summed E-state index contributed by atoms with van der Waals surface area (Å²) in [6.07, 6.45) is 1.57. The molecule has 1 aromatic rings. The number of hydrogen-bond donors (Lipinski definition) is 1. The SMILES string of the molecule is CC(C)CCC(=O)NCc1ccc(N(C)C)cc1. The molecule has 0 radical (unpaired) electrons. The molecule has 0 saturated heterocycles. The molecule has 0 aromatic heterocycles. The largest absolute Gasteiger partial charge is 0.378 e. The Balaban J connectivity index is 2.37. The van der Waals surface area contributed by atoms with Gasteiger partial charge in [0.15, 0.2) is 0 Å². The third-order valence-corrected chi connectivity index (χ3v) is 2.89. The highest BCUT2D eigenvalue weighted by molar-refractivity contribution is 5.75. The Bertz CT molecular complexity index is 369. The van der Waals surface area contributed by atoms with Crippen molar-refractivity contribution in [3.05, 3.63) is 29.8 Å². The van der Waals surface area contributed by atoms with Gasteiger partial charge in [-0.25, -0.2) is 0 Å². The van der Waals surface area contributed by atoms with Gasteiger partial charge in [0, 0.05) is 32.7 Å². The monoisotopic (exact) mass is 248 g/mol. The van der Waals surface area contributed by atoms with E-state index in [0.717, 1.165) is 12.0 Å². The van der Waals surface area contributed by atoms with Crippen molar-refractivity contribution in [3.8, 4) is 0 Å². The molecule has 3 heteroatoms. The van der Waals surface area contributed by atoms with E-state index in [9.17, 15) is 4.79 Å². The first-order valence-corrected chi connectivity index (χ1v) is 6.52. The summed E-state index contributed by atoms with van der Waals surface area (Å²) >= 11 is 0. The molecule has 1 aromatic carbocycles. The Hall–Kier alpha value is -1.51. The Morgan fingerprint density at radius 3 is 2.33 bits per heavy atom. The van der Waals surface area contributed by atoms with E-state index in [-0.39, 0.29) is 5.91 Å². The van der Waals surface area contributed by atoms with Crippen LogP contribution in [0.15, 0.2) is 24.3 Å². The van der Waals surface area contributed by atoms with Crippen LogP contribution >= 0.6 is 0 Å². The maximum atomic E-state index is 11.6. The highest BCUT2D eigenvalue weighted by atomic mass is 16.1. The fourth-order valence-corrected chi connectivity index (χ4v) is 1.62. The third-order valence-electron chi connectivity index (χ3n) is 2.89. The number of nitrogens with zero attached hydrogens (tertiary/aromatic N) is 1. The van der Waals surface area contributed by atoms with Crippen molar-refractivity contribution in [1.29, 1.82) is 0 Å². The van der Waals surface area contributed by atoms with Gasteiger partial charge in [-0.1, -0.05) is 26.0 Å². The standard InChI is InChI=1S/C15H24N2O/c1-12(2)5-10-15(18)16-11-13-6-8-14(9-7-13)17(3)4/h6-9,12H,5,10-11H2,1-4H3,(H,16,18). The molecule has 1 amide bonds. The molecule has 0 fully saturated rings. The molecule has 0 unspecified atom stereocenters. The molecule has 0 spiro atoms. The van der Waals surface area contributed by atoms with E-state index in [1.54, 1.807) is 0 Å². The lowest BCUT2D eigenvalue weighted by molar-refractivity contribution is -0.121. The quantitative estimate of drug-likeness (QED) is 0.839. The van der Waals surface area contributed by atoms with Crippen molar-refractivity contribution >= 4 is 11.6 Å².